The molecular formula is C106H71BN4. The average molecular weight is 1410 g/mol. The summed E-state index contributed by atoms with van der Waals surface area (Å²) in [6.45, 7) is 6.92. The van der Waals surface area contributed by atoms with Gasteiger partial charge in [-0.1, -0.05) is 336 Å². The molecule has 2 aliphatic rings. The highest BCUT2D eigenvalue weighted by Gasteiger charge is 2.46. The summed E-state index contributed by atoms with van der Waals surface area (Å²) in [5.41, 5.74) is 27.3. The van der Waals surface area contributed by atoms with Crippen molar-refractivity contribution in [1.82, 2.24) is 9.13 Å². The van der Waals surface area contributed by atoms with E-state index in [-0.39, 0.29) is 12.1 Å². The van der Waals surface area contributed by atoms with Crippen molar-refractivity contribution in [3.05, 3.63) is 382 Å². The van der Waals surface area contributed by atoms with Crippen LogP contribution in [0.25, 0.3) is 164 Å². The normalized spacial score (nSPS) is 12.8. The molecule has 21 aromatic rings. The molecule has 0 unspecified atom stereocenters. The Morgan fingerprint density at radius 3 is 0.901 bits per heavy atom. The predicted octanol–water partition coefficient (Wildman–Crippen LogP) is 26.8. The third-order valence-corrected chi connectivity index (χ3v) is 24.3. The summed E-state index contributed by atoms with van der Waals surface area (Å²) in [7, 11) is 0. The number of anilines is 6. The van der Waals surface area contributed by atoms with Crippen molar-refractivity contribution in [2.45, 2.75) is 26.2 Å². The van der Waals surface area contributed by atoms with Gasteiger partial charge in [0.2, 0.25) is 0 Å². The highest BCUT2D eigenvalue weighted by Crippen LogP contribution is 2.56. The van der Waals surface area contributed by atoms with Crippen LogP contribution < -0.4 is 26.2 Å². The zero-order chi connectivity index (χ0) is 73.3. The molecule has 4 heterocycles. The molecule has 0 radical (unpaired) electrons. The van der Waals surface area contributed by atoms with Crippen molar-refractivity contribution in [1.29, 1.82) is 0 Å². The maximum Gasteiger partial charge on any atom is 0.252 e. The Bertz CT molecular complexity index is 6940. The van der Waals surface area contributed by atoms with Crippen LogP contribution in [-0.2, 0) is 5.41 Å². The quantitative estimate of drug-likeness (QED) is 0.111. The standard InChI is InChI=1S/C106H71BN4/c1-106(2,3)74-62-97-101-98(63-74)111(103-79(68-34-12-6-13-35-68)52-29-53-80(103)69-36-14-7-15-37-69)96-65-76(109-94-61-73-41-19-17-39-71(73)59-90(94)100-86-47-25-21-43-82(86)84-45-23-27-49-88(84)105(100)109)55-57-92(96)107(101)91-56-54-75(64-95(91)110(97)102-77(66-30-8-4-9-31-66)50-28-51-78(102)67-32-10-5-11-33-67)108-93-60-72-40-18-16-38-70(72)58-89(93)99-85-46-24-20-42-81(85)83-44-22-26-48-87(83)104(99)108/h4-65H,1-3H3. The van der Waals surface area contributed by atoms with Gasteiger partial charge in [0.1, 0.15) is 0 Å². The van der Waals surface area contributed by atoms with E-state index < -0.39 is 0 Å². The molecule has 0 spiro atoms. The van der Waals surface area contributed by atoms with E-state index in [1.165, 1.54) is 119 Å². The van der Waals surface area contributed by atoms with Gasteiger partial charge in [0.15, 0.2) is 0 Å². The molecule has 111 heavy (non-hydrogen) atoms. The summed E-state index contributed by atoms with van der Waals surface area (Å²) >= 11 is 0. The second kappa shape index (κ2) is 24.3. The van der Waals surface area contributed by atoms with Gasteiger partial charge in [-0.05, 0) is 164 Å². The molecule has 0 aliphatic carbocycles. The number of hydrogen-bond donors (Lipinski definition) is 0. The lowest BCUT2D eigenvalue weighted by Crippen LogP contribution is -2.61. The smallest absolute Gasteiger partial charge is 0.252 e. The molecule has 0 saturated heterocycles. The number of benzene rings is 19. The molecule has 4 nitrogen and oxygen atoms in total. The van der Waals surface area contributed by atoms with Crippen molar-refractivity contribution >= 4 is 165 Å². The zero-order valence-electron chi connectivity index (χ0n) is 61.7. The van der Waals surface area contributed by atoms with Crippen LogP contribution in [0.15, 0.2) is 376 Å². The Hall–Kier alpha value is -14.0. The van der Waals surface area contributed by atoms with Crippen LogP contribution >= 0.6 is 0 Å². The minimum absolute atomic E-state index is 0.281. The van der Waals surface area contributed by atoms with E-state index in [9.17, 15) is 0 Å². The first-order valence-corrected chi connectivity index (χ1v) is 38.8. The van der Waals surface area contributed by atoms with Crippen LogP contribution in [0.5, 0.6) is 0 Å². The Morgan fingerprint density at radius 1 is 0.243 bits per heavy atom. The third-order valence-electron chi connectivity index (χ3n) is 24.3. The fourth-order valence-corrected chi connectivity index (χ4v) is 19.4. The Balaban J connectivity index is 0.900. The summed E-state index contributed by atoms with van der Waals surface area (Å²) in [4.78, 5) is 5.45. The highest BCUT2D eigenvalue weighted by molar-refractivity contribution is 7.00. The molecule has 0 bridgehead atoms. The molecule has 0 atom stereocenters. The molecule has 5 heteroatoms. The van der Waals surface area contributed by atoms with Gasteiger partial charge in [0, 0.05) is 88.7 Å². The largest absolute Gasteiger partial charge is 0.310 e. The highest BCUT2D eigenvalue weighted by atomic mass is 15.2. The molecule has 0 N–H and O–H groups in total. The number of para-hydroxylation sites is 2. The number of hydrogen-bond acceptors (Lipinski definition) is 2. The minimum atomic E-state index is -0.351. The first kappa shape index (κ1) is 63.1. The van der Waals surface area contributed by atoms with Gasteiger partial charge < -0.3 is 18.9 Å². The van der Waals surface area contributed by atoms with Gasteiger partial charge in [0.05, 0.1) is 33.4 Å². The van der Waals surface area contributed by atoms with Gasteiger partial charge in [-0.25, -0.2) is 0 Å². The Morgan fingerprint density at radius 2 is 0.550 bits per heavy atom. The maximum atomic E-state index is 2.72. The minimum Gasteiger partial charge on any atom is -0.310 e. The number of rotatable bonds is 8. The molecular weight excluding hydrogens is 1340 g/mol. The van der Waals surface area contributed by atoms with E-state index in [2.05, 4.69) is 416 Å². The fourth-order valence-electron chi connectivity index (χ4n) is 19.4. The summed E-state index contributed by atoms with van der Waals surface area (Å²) in [6.07, 6.45) is 0. The second-order valence-electron chi connectivity index (χ2n) is 31.4. The van der Waals surface area contributed by atoms with E-state index in [1.807, 2.05) is 0 Å². The van der Waals surface area contributed by atoms with Crippen LogP contribution in [-0.4, -0.2) is 15.8 Å². The van der Waals surface area contributed by atoms with E-state index >= 15 is 0 Å². The first-order chi connectivity index (χ1) is 54.8. The van der Waals surface area contributed by atoms with Crippen LogP contribution in [0.2, 0.25) is 0 Å². The monoisotopic (exact) mass is 1410 g/mol. The van der Waals surface area contributed by atoms with E-state index in [0.717, 1.165) is 101 Å². The van der Waals surface area contributed by atoms with Gasteiger partial charge in [-0.15, -0.1) is 0 Å². The molecule has 2 aliphatic heterocycles. The zero-order valence-corrected chi connectivity index (χ0v) is 61.7. The summed E-state index contributed by atoms with van der Waals surface area (Å²) in [6, 6.07) is 143. The van der Waals surface area contributed by atoms with Crippen molar-refractivity contribution in [2.24, 2.45) is 0 Å². The first-order valence-electron chi connectivity index (χ1n) is 38.8. The fraction of sp³-hybridized carbons (Fsp3) is 0.0377. The summed E-state index contributed by atoms with van der Waals surface area (Å²) < 4.78 is 5.24. The Kier molecular flexibility index (Phi) is 13.8. The summed E-state index contributed by atoms with van der Waals surface area (Å²) in [5, 5.41) is 19.7. The second-order valence-corrected chi connectivity index (χ2v) is 31.4. The summed E-state index contributed by atoms with van der Waals surface area (Å²) in [5.74, 6) is 0. The van der Waals surface area contributed by atoms with Crippen molar-refractivity contribution in [3.8, 4) is 55.9 Å². The van der Waals surface area contributed by atoms with Crippen molar-refractivity contribution < 1.29 is 0 Å². The van der Waals surface area contributed by atoms with Crippen LogP contribution in [0.4, 0.5) is 34.1 Å². The maximum absolute atomic E-state index is 2.72. The number of nitrogens with zero attached hydrogens (tertiary/aromatic N) is 4. The topological polar surface area (TPSA) is 16.3 Å². The lowest BCUT2D eigenvalue weighted by molar-refractivity contribution is 0.590. The molecule has 2 aromatic heterocycles. The molecule has 518 valence electrons. The van der Waals surface area contributed by atoms with Gasteiger partial charge in [-0.2, -0.15) is 0 Å². The molecule has 0 fully saturated rings. The average Bonchev–Trinajstić information content (AvgIpc) is 1.63. The molecule has 0 amide bonds. The predicted molar refractivity (Wildman–Crippen MR) is 475 cm³/mol. The SMILES string of the molecule is CC(C)(C)c1cc2c3c(c1)N(c1c(-c4ccccc4)cccc1-c1ccccc1)c1cc(-n4c5cc6ccccc6cc5c5c6ccccc6c6ccccc6c54)ccc1B3c1ccc(-n3c4cc5ccccc5cc4c4c5ccccc5c5ccccc5c43)cc1N2c1c(-c2ccccc2)cccc1-c1ccccc1. The van der Waals surface area contributed by atoms with Crippen LogP contribution in [0.3, 0.4) is 0 Å². The molecule has 0 saturated carbocycles. The molecule has 23 rings (SSSR count). The van der Waals surface area contributed by atoms with Gasteiger partial charge in [0.25, 0.3) is 6.71 Å². The van der Waals surface area contributed by atoms with Gasteiger partial charge >= 0.3 is 0 Å². The van der Waals surface area contributed by atoms with E-state index in [4.69, 9.17) is 0 Å². The number of fused-ring (bicyclic) bond motifs is 22. The van der Waals surface area contributed by atoms with Gasteiger partial charge in [-0.3, -0.25) is 0 Å². The lowest BCUT2D eigenvalue weighted by Gasteiger charge is -2.46. The third kappa shape index (κ3) is 9.43. The van der Waals surface area contributed by atoms with E-state index in [1.54, 1.807) is 0 Å². The van der Waals surface area contributed by atoms with Crippen LogP contribution in [0, 0.1) is 0 Å². The molecule has 19 aromatic carbocycles. The van der Waals surface area contributed by atoms with Crippen molar-refractivity contribution in [3.63, 3.8) is 0 Å². The van der Waals surface area contributed by atoms with E-state index in [0.29, 0.717) is 0 Å². The Labute approximate surface area is 643 Å². The number of aromatic nitrogens is 2. The van der Waals surface area contributed by atoms with Crippen LogP contribution in [0.1, 0.15) is 26.3 Å². The van der Waals surface area contributed by atoms with Crippen molar-refractivity contribution in [2.75, 3.05) is 9.80 Å². The lowest BCUT2D eigenvalue weighted by atomic mass is 9.33.